The van der Waals surface area contributed by atoms with Crippen molar-refractivity contribution < 1.29 is 9.47 Å². The first-order chi connectivity index (χ1) is 20.5. The van der Waals surface area contributed by atoms with Gasteiger partial charge in [0.05, 0.1) is 36.0 Å². The molecule has 0 unspecified atom stereocenters. The standard InChI is InChI=1S/C34H38N6O2/c1-39(23-25-41-3)33-19-15-31(16-20-33)37-35-29-11-7-27(8-12-29)5-6-28-9-13-30(14-10-28)36-38-32-17-21-34(22-18-32)40(2)24-26-42-4/h5-22H,23-26H2,1-4H3/b6-5+,37-35+,38-36+. The van der Waals surface area contributed by atoms with Gasteiger partial charge in [-0.2, -0.15) is 20.5 Å². The van der Waals surface area contributed by atoms with Gasteiger partial charge < -0.3 is 19.3 Å². The van der Waals surface area contributed by atoms with Crippen LogP contribution in [0.2, 0.25) is 0 Å². The van der Waals surface area contributed by atoms with Gasteiger partial charge in [-0.1, -0.05) is 36.4 Å². The number of nitrogens with zero attached hydrogens (tertiary/aromatic N) is 6. The molecule has 0 aliphatic heterocycles. The number of rotatable bonds is 14. The Labute approximate surface area is 248 Å². The first-order valence-electron chi connectivity index (χ1n) is 13.9. The van der Waals surface area contributed by atoms with Crippen LogP contribution in [0.15, 0.2) is 118 Å². The molecular weight excluding hydrogens is 524 g/mol. The number of hydrogen-bond acceptors (Lipinski definition) is 8. The Morgan fingerprint density at radius 2 is 0.762 bits per heavy atom. The van der Waals surface area contributed by atoms with Crippen molar-refractivity contribution in [1.82, 2.24) is 0 Å². The smallest absolute Gasteiger partial charge is 0.0858 e. The Bertz CT molecular complexity index is 1340. The Kier molecular flexibility index (Phi) is 11.5. The fourth-order valence-corrected chi connectivity index (χ4v) is 3.99. The zero-order valence-electron chi connectivity index (χ0n) is 24.7. The summed E-state index contributed by atoms with van der Waals surface area (Å²) in [7, 11) is 7.50. The maximum atomic E-state index is 5.14. The summed E-state index contributed by atoms with van der Waals surface area (Å²) in [5.41, 5.74) is 7.62. The van der Waals surface area contributed by atoms with E-state index in [4.69, 9.17) is 9.47 Å². The van der Waals surface area contributed by atoms with Crippen molar-refractivity contribution in [2.24, 2.45) is 20.5 Å². The molecule has 0 saturated carbocycles. The summed E-state index contributed by atoms with van der Waals surface area (Å²) in [6.45, 7) is 3.04. The molecule has 0 amide bonds. The van der Waals surface area contributed by atoms with Crippen molar-refractivity contribution >= 4 is 46.3 Å². The van der Waals surface area contributed by atoms with Gasteiger partial charge in [0.25, 0.3) is 0 Å². The molecule has 4 aromatic rings. The van der Waals surface area contributed by atoms with E-state index in [0.29, 0.717) is 13.2 Å². The summed E-state index contributed by atoms with van der Waals surface area (Å²) in [6.07, 6.45) is 4.14. The molecule has 0 heterocycles. The average molecular weight is 563 g/mol. The summed E-state index contributed by atoms with van der Waals surface area (Å²) in [6, 6.07) is 32.0. The summed E-state index contributed by atoms with van der Waals surface area (Å²) in [5, 5.41) is 17.5. The molecule has 0 saturated heterocycles. The SMILES string of the molecule is COCCN(C)c1ccc(/N=N/c2ccc(/C=C/c3ccc(/N=N/c4ccc(N(C)CCOC)cc4)cc3)cc2)cc1. The van der Waals surface area contributed by atoms with Crippen LogP contribution in [0.4, 0.5) is 34.1 Å². The molecule has 8 nitrogen and oxygen atoms in total. The van der Waals surface area contributed by atoms with Crippen LogP contribution < -0.4 is 9.80 Å². The molecule has 0 radical (unpaired) electrons. The Morgan fingerprint density at radius 3 is 1.05 bits per heavy atom. The van der Waals surface area contributed by atoms with Gasteiger partial charge >= 0.3 is 0 Å². The quantitative estimate of drug-likeness (QED) is 0.114. The molecular formula is C34H38N6O2. The van der Waals surface area contributed by atoms with Gasteiger partial charge in [0, 0.05) is 52.8 Å². The van der Waals surface area contributed by atoms with Crippen molar-refractivity contribution in [2.75, 3.05) is 64.4 Å². The lowest BCUT2D eigenvalue weighted by Crippen LogP contribution is -2.21. The molecule has 0 fully saturated rings. The van der Waals surface area contributed by atoms with E-state index < -0.39 is 0 Å². The fourth-order valence-electron chi connectivity index (χ4n) is 3.99. The summed E-state index contributed by atoms with van der Waals surface area (Å²) in [5.74, 6) is 0. The summed E-state index contributed by atoms with van der Waals surface area (Å²) >= 11 is 0. The second-order valence-electron chi connectivity index (χ2n) is 9.78. The van der Waals surface area contributed by atoms with Crippen molar-refractivity contribution in [1.29, 1.82) is 0 Å². The van der Waals surface area contributed by atoms with Gasteiger partial charge in [-0.3, -0.25) is 0 Å². The van der Waals surface area contributed by atoms with Crippen LogP contribution >= 0.6 is 0 Å². The third kappa shape index (κ3) is 9.47. The van der Waals surface area contributed by atoms with E-state index in [1.807, 2.05) is 111 Å². The number of anilines is 2. The average Bonchev–Trinajstić information content (AvgIpc) is 3.04. The van der Waals surface area contributed by atoms with Gasteiger partial charge in [-0.15, -0.1) is 0 Å². The summed E-state index contributed by atoms with van der Waals surface area (Å²) < 4.78 is 10.3. The predicted octanol–water partition coefficient (Wildman–Crippen LogP) is 8.85. The molecule has 0 spiro atoms. The second-order valence-corrected chi connectivity index (χ2v) is 9.78. The van der Waals surface area contributed by atoms with E-state index in [2.05, 4.69) is 42.4 Å². The minimum absolute atomic E-state index is 0.688. The molecule has 42 heavy (non-hydrogen) atoms. The molecule has 0 bridgehead atoms. The van der Waals surface area contributed by atoms with Crippen molar-refractivity contribution in [2.45, 2.75) is 0 Å². The lowest BCUT2D eigenvalue weighted by molar-refractivity contribution is 0.206. The van der Waals surface area contributed by atoms with Crippen LogP contribution in [0.1, 0.15) is 11.1 Å². The molecule has 8 heteroatoms. The van der Waals surface area contributed by atoms with Gasteiger partial charge in [0.1, 0.15) is 0 Å². The maximum absolute atomic E-state index is 5.14. The lowest BCUT2D eigenvalue weighted by atomic mass is 10.1. The molecule has 4 rings (SSSR count). The molecule has 0 N–H and O–H groups in total. The Hall–Kier alpha value is -4.66. The van der Waals surface area contributed by atoms with Crippen LogP contribution in [0.5, 0.6) is 0 Å². The molecule has 0 aliphatic rings. The number of likely N-dealkylation sites (N-methyl/N-ethyl adjacent to an activating group) is 2. The molecule has 0 aromatic heterocycles. The zero-order valence-corrected chi connectivity index (χ0v) is 24.7. The van der Waals surface area contributed by atoms with Gasteiger partial charge in [-0.25, -0.2) is 0 Å². The monoisotopic (exact) mass is 562 g/mol. The number of benzene rings is 4. The van der Waals surface area contributed by atoms with Crippen LogP contribution in [-0.4, -0.2) is 54.6 Å². The van der Waals surface area contributed by atoms with E-state index in [0.717, 1.165) is 58.3 Å². The highest BCUT2D eigenvalue weighted by Crippen LogP contribution is 2.24. The summed E-state index contributed by atoms with van der Waals surface area (Å²) in [4.78, 5) is 4.28. The van der Waals surface area contributed by atoms with E-state index in [-0.39, 0.29) is 0 Å². The normalized spacial score (nSPS) is 11.6. The van der Waals surface area contributed by atoms with Crippen LogP contribution in [0.25, 0.3) is 12.2 Å². The third-order valence-corrected chi connectivity index (χ3v) is 6.66. The molecule has 0 aliphatic carbocycles. The van der Waals surface area contributed by atoms with E-state index in [1.54, 1.807) is 14.2 Å². The highest BCUT2D eigenvalue weighted by atomic mass is 16.5. The van der Waals surface area contributed by atoms with Crippen molar-refractivity contribution in [3.63, 3.8) is 0 Å². The molecule has 4 aromatic carbocycles. The topological polar surface area (TPSA) is 74.4 Å². The van der Waals surface area contributed by atoms with E-state index in [9.17, 15) is 0 Å². The second kappa shape index (κ2) is 16.0. The Morgan fingerprint density at radius 1 is 0.476 bits per heavy atom. The van der Waals surface area contributed by atoms with Crippen LogP contribution in [0.3, 0.4) is 0 Å². The van der Waals surface area contributed by atoms with Crippen molar-refractivity contribution in [3.05, 3.63) is 108 Å². The predicted molar refractivity (Wildman–Crippen MR) is 173 cm³/mol. The Balaban J connectivity index is 1.27. The molecule has 216 valence electrons. The van der Waals surface area contributed by atoms with E-state index >= 15 is 0 Å². The van der Waals surface area contributed by atoms with Crippen LogP contribution in [-0.2, 0) is 9.47 Å². The van der Waals surface area contributed by atoms with Crippen LogP contribution in [0, 0.1) is 0 Å². The van der Waals surface area contributed by atoms with Gasteiger partial charge in [-0.05, 0) is 83.9 Å². The van der Waals surface area contributed by atoms with Crippen molar-refractivity contribution in [3.8, 4) is 0 Å². The van der Waals surface area contributed by atoms with Gasteiger partial charge in [0.2, 0.25) is 0 Å². The first-order valence-corrected chi connectivity index (χ1v) is 13.9. The van der Waals surface area contributed by atoms with E-state index in [1.165, 1.54) is 0 Å². The number of methoxy groups -OCH3 is 2. The van der Waals surface area contributed by atoms with Gasteiger partial charge in [0.15, 0.2) is 0 Å². The largest absolute Gasteiger partial charge is 0.383 e. The zero-order chi connectivity index (χ0) is 29.6. The minimum atomic E-state index is 0.688. The number of ether oxygens (including phenoxy) is 2. The third-order valence-electron chi connectivity index (χ3n) is 6.66. The lowest BCUT2D eigenvalue weighted by Gasteiger charge is -2.18. The highest BCUT2D eigenvalue weighted by molar-refractivity contribution is 5.70. The maximum Gasteiger partial charge on any atom is 0.0858 e. The number of hydrogen-bond donors (Lipinski definition) is 0. The number of azo groups is 2. The fraction of sp³-hybridized carbons (Fsp3) is 0.235. The molecule has 0 atom stereocenters. The first kappa shape index (κ1) is 30.3. The minimum Gasteiger partial charge on any atom is -0.383 e. The highest BCUT2D eigenvalue weighted by Gasteiger charge is 2.02.